The molecular weight excluding hydrogens is 256 g/mol. The normalized spacial score (nSPS) is 13.6. The van der Waals surface area contributed by atoms with E-state index in [1.54, 1.807) is 37.4 Å². The van der Waals surface area contributed by atoms with Crippen molar-refractivity contribution in [3.63, 3.8) is 0 Å². The molecule has 20 heavy (non-hydrogen) atoms. The van der Waals surface area contributed by atoms with Gasteiger partial charge in [-0.25, -0.2) is 0 Å². The van der Waals surface area contributed by atoms with Crippen LogP contribution in [-0.4, -0.2) is 26.4 Å². The van der Waals surface area contributed by atoms with Crippen LogP contribution in [-0.2, 0) is 10.5 Å². The lowest BCUT2D eigenvalue weighted by Crippen LogP contribution is -2.30. The largest absolute Gasteiger partial charge is 0.493 e. The highest BCUT2D eigenvalue weighted by atomic mass is 16.6. The Hall–Kier alpha value is -2.04. The molecule has 0 aliphatic heterocycles. The molecule has 1 N–H and O–H groups in total. The van der Waals surface area contributed by atoms with Crippen LogP contribution in [0.1, 0.15) is 11.1 Å². The molecule has 1 atom stereocenters. The highest BCUT2D eigenvalue weighted by molar-refractivity contribution is 5.51. The zero-order valence-corrected chi connectivity index (χ0v) is 11.8. The molecule has 2 aromatic rings. The number of para-hydroxylation sites is 1. The molecule has 4 heteroatoms. The standard InChI is InChI=1S/C16H18O4/c1-18-14-11-7-10-13(15(14)19-2)16(17,20-3)12-8-5-4-6-9-12/h4-11,17H,1-3H3. The van der Waals surface area contributed by atoms with Crippen LogP contribution in [0.5, 0.6) is 11.5 Å². The molecule has 1 unspecified atom stereocenters. The molecule has 0 radical (unpaired) electrons. The number of aliphatic hydroxyl groups is 1. The molecule has 4 nitrogen and oxygen atoms in total. The predicted octanol–water partition coefficient (Wildman–Crippen LogP) is 2.54. The molecule has 0 aromatic heterocycles. The van der Waals surface area contributed by atoms with Gasteiger partial charge in [0.1, 0.15) is 0 Å². The first kappa shape index (κ1) is 14.4. The molecular formula is C16H18O4. The van der Waals surface area contributed by atoms with Gasteiger partial charge in [0.15, 0.2) is 11.5 Å². The van der Waals surface area contributed by atoms with Crippen molar-refractivity contribution in [1.29, 1.82) is 0 Å². The number of ether oxygens (including phenoxy) is 3. The van der Waals surface area contributed by atoms with Gasteiger partial charge >= 0.3 is 0 Å². The van der Waals surface area contributed by atoms with Gasteiger partial charge in [-0.05, 0) is 12.1 Å². The van der Waals surface area contributed by atoms with Crippen molar-refractivity contribution < 1.29 is 19.3 Å². The van der Waals surface area contributed by atoms with Gasteiger partial charge in [-0.1, -0.05) is 36.4 Å². The van der Waals surface area contributed by atoms with E-state index < -0.39 is 5.79 Å². The van der Waals surface area contributed by atoms with Crippen LogP contribution in [0.3, 0.4) is 0 Å². The van der Waals surface area contributed by atoms with Crippen LogP contribution in [0.4, 0.5) is 0 Å². The first-order chi connectivity index (χ1) is 9.67. The minimum atomic E-state index is -1.60. The lowest BCUT2D eigenvalue weighted by molar-refractivity contribution is -0.160. The van der Waals surface area contributed by atoms with Gasteiger partial charge in [-0.2, -0.15) is 0 Å². The summed E-state index contributed by atoms with van der Waals surface area (Å²) >= 11 is 0. The second kappa shape index (κ2) is 5.94. The number of rotatable bonds is 5. The summed E-state index contributed by atoms with van der Waals surface area (Å²) in [4.78, 5) is 0. The maximum absolute atomic E-state index is 10.9. The average Bonchev–Trinajstić information content (AvgIpc) is 2.54. The first-order valence-electron chi connectivity index (χ1n) is 6.22. The molecule has 0 fully saturated rings. The van der Waals surface area contributed by atoms with Crippen LogP contribution in [0.15, 0.2) is 48.5 Å². The van der Waals surface area contributed by atoms with E-state index in [4.69, 9.17) is 14.2 Å². The number of benzene rings is 2. The zero-order valence-electron chi connectivity index (χ0n) is 11.8. The minimum absolute atomic E-state index is 0.447. The first-order valence-corrected chi connectivity index (χ1v) is 6.22. The van der Waals surface area contributed by atoms with E-state index in [1.807, 2.05) is 18.2 Å². The Kier molecular flexibility index (Phi) is 4.27. The Balaban J connectivity index is 2.63. The van der Waals surface area contributed by atoms with E-state index in [0.29, 0.717) is 22.6 Å². The summed E-state index contributed by atoms with van der Waals surface area (Å²) in [5.41, 5.74) is 1.11. The van der Waals surface area contributed by atoms with E-state index in [0.717, 1.165) is 0 Å². The van der Waals surface area contributed by atoms with Gasteiger partial charge in [0.05, 0.1) is 19.8 Å². The summed E-state index contributed by atoms with van der Waals surface area (Å²) in [6.07, 6.45) is 0. The molecule has 0 spiro atoms. The number of hydrogen-bond acceptors (Lipinski definition) is 4. The van der Waals surface area contributed by atoms with Crippen LogP contribution < -0.4 is 9.47 Å². The zero-order chi connectivity index (χ0) is 14.6. The SMILES string of the molecule is COc1cccc(C(O)(OC)c2ccccc2)c1OC. The van der Waals surface area contributed by atoms with Crippen molar-refractivity contribution in [2.75, 3.05) is 21.3 Å². The molecule has 0 aliphatic rings. The second-order valence-electron chi connectivity index (χ2n) is 4.26. The average molecular weight is 274 g/mol. The minimum Gasteiger partial charge on any atom is -0.493 e. The van der Waals surface area contributed by atoms with Crippen LogP contribution in [0.25, 0.3) is 0 Å². The third kappa shape index (κ3) is 2.35. The molecule has 0 amide bonds. The quantitative estimate of drug-likeness (QED) is 0.851. The van der Waals surface area contributed by atoms with Gasteiger partial charge in [-0.15, -0.1) is 0 Å². The Morgan fingerprint density at radius 2 is 1.55 bits per heavy atom. The van der Waals surface area contributed by atoms with Crippen molar-refractivity contribution in [2.24, 2.45) is 0 Å². The summed E-state index contributed by atoms with van der Waals surface area (Å²) in [5, 5.41) is 10.9. The fourth-order valence-electron chi connectivity index (χ4n) is 2.20. The third-order valence-corrected chi connectivity index (χ3v) is 3.23. The predicted molar refractivity (Wildman–Crippen MR) is 76.0 cm³/mol. The second-order valence-corrected chi connectivity index (χ2v) is 4.26. The Labute approximate surface area is 118 Å². The Bertz CT molecular complexity index is 568. The summed E-state index contributed by atoms with van der Waals surface area (Å²) in [6, 6.07) is 14.4. The Morgan fingerprint density at radius 3 is 2.10 bits per heavy atom. The molecule has 0 aliphatic carbocycles. The van der Waals surface area contributed by atoms with Crippen LogP contribution >= 0.6 is 0 Å². The lowest BCUT2D eigenvalue weighted by Gasteiger charge is -2.29. The van der Waals surface area contributed by atoms with Crippen LogP contribution in [0.2, 0.25) is 0 Å². The summed E-state index contributed by atoms with van der Waals surface area (Å²) in [7, 11) is 4.53. The maximum atomic E-state index is 10.9. The van der Waals surface area contributed by atoms with Gasteiger partial charge in [0.2, 0.25) is 5.79 Å². The van der Waals surface area contributed by atoms with Gasteiger partial charge in [0, 0.05) is 12.7 Å². The molecule has 0 heterocycles. The maximum Gasteiger partial charge on any atom is 0.223 e. The van der Waals surface area contributed by atoms with E-state index in [-0.39, 0.29) is 0 Å². The van der Waals surface area contributed by atoms with Gasteiger partial charge < -0.3 is 19.3 Å². The summed E-state index contributed by atoms with van der Waals surface area (Å²) < 4.78 is 16.0. The lowest BCUT2D eigenvalue weighted by atomic mass is 9.96. The highest BCUT2D eigenvalue weighted by Gasteiger charge is 2.35. The Morgan fingerprint density at radius 1 is 0.850 bits per heavy atom. The van der Waals surface area contributed by atoms with Crippen molar-refractivity contribution in [1.82, 2.24) is 0 Å². The van der Waals surface area contributed by atoms with E-state index in [2.05, 4.69) is 0 Å². The molecule has 106 valence electrons. The van der Waals surface area contributed by atoms with Crippen molar-refractivity contribution in [3.05, 3.63) is 59.7 Å². The number of hydrogen-bond donors (Lipinski definition) is 1. The van der Waals surface area contributed by atoms with E-state index in [9.17, 15) is 5.11 Å². The summed E-state index contributed by atoms with van der Waals surface area (Å²) in [5.74, 6) is -0.610. The molecule has 2 rings (SSSR count). The molecule has 2 aromatic carbocycles. The smallest absolute Gasteiger partial charge is 0.223 e. The van der Waals surface area contributed by atoms with E-state index >= 15 is 0 Å². The van der Waals surface area contributed by atoms with Gasteiger partial charge in [0.25, 0.3) is 0 Å². The molecule has 0 bridgehead atoms. The highest BCUT2D eigenvalue weighted by Crippen LogP contribution is 2.41. The van der Waals surface area contributed by atoms with Crippen molar-refractivity contribution in [2.45, 2.75) is 5.79 Å². The third-order valence-electron chi connectivity index (χ3n) is 3.23. The van der Waals surface area contributed by atoms with Gasteiger partial charge in [-0.3, -0.25) is 0 Å². The summed E-state index contributed by atoms with van der Waals surface area (Å²) in [6.45, 7) is 0. The topological polar surface area (TPSA) is 47.9 Å². The van der Waals surface area contributed by atoms with Crippen LogP contribution in [0, 0.1) is 0 Å². The fraction of sp³-hybridized carbons (Fsp3) is 0.250. The molecule has 0 saturated heterocycles. The monoisotopic (exact) mass is 274 g/mol. The number of methoxy groups -OCH3 is 3. The van der Waals surface area contributed by atoms with Crippen molar-refractivity contribution in [3.8, 4) is 11.5 Å². The fourth-order valence-corrected chi connectivity index (χ4v) is 2.20. The van der Waals surface area contributed by atoms with Crippen molar-refractivity contribution >= 4 is 0 Å². The molecule has 0 saturated carbocycles. The van der Waals surface area contributed by atoms with E-state index in [1.165, 1.54) is 14.2 Å².